The third kappa shape index (κ3) is 2.31. The van der Waals surface area contributed by atoms with E-state index < -0.39 is 35.4 Å². The summed E-state index contributed by atoms with van der Waals surface area (Å²) in [7, 11) is 0.994. The summed E-state index contributed by atoms with van der Waals surface area (Å²) in [4.78, 5) is 3.00. The maximum absolute atomic E-state index is 12.4. The first-order valence-corrected chi connectivity index (χ1v) is 3.97. The lowest BCUT2D eigenvalue weighted by atomic mass is 10.2. The van der Waals surface area contributed by atoms with Crippen molar-refractivity contribution in [3.63, 3.8) is 0 Å². The van der Waals surface area contributed by atoms with Crippen LogP contribution in [0.1, 0.15) is 17.7 Å². The van der Waals surface area contributed by atoms with Crippen LogP contribution in [0, 0.1) is 0 Å². The molecule has 3 nitrogen and oxygen atoms in total. The molecule has 1 aromatic heterocycles. The highest BCUT2D eigenvalue weighted by Gasteiger charge is 2.35. The van der Waals surface area contributed by atoms with Crippen molar-refractivity contribution in [1.29, 1.82) is 0 Å². The summed E-state index contributed by atoms with van der Waals surface area (Å²) in [5, 5.41) is 0. The van der Waals surface area contributed by atoms with Gasteiger partial charge in [-0.3, -0.25) is 0 Å². The summed E-state index contributed by atoms with van der Waals surface area (Å²) < 4.78 is 66.0. The van der Waals surface area contributed by atoms with Crippen molar-refractivity contribution in [3.8, 4) is 5.88 Å². The minimum absolute atomic E-state index is 0.211. The van der Waals surface area contributed by atoms with Crippen molar-refractivity contribution in [1.82, 2.24) is 4.98 Å². The molecule has 2 N–H and O–H groups in total. The molecule has 1 heterocycles. The van der Waals surface area contributed by atoms with Crippen LogP contribution >= 0.6 is 0 Å². The third-order valence-electron chi connectivity index (χ3n) is 1.77. The molecule has 16 heavy (non-hydrogen) atoms. The Labute approximate surface area is 87.0 Å². The van der Waals surface area contributed by atoms with Gasteiger partial charge >= 0.3 is 6.18 Å². The lowest BCUT2D eigenvalue weighted by Gasteiger charge is -2.13. The Balaban J connectivity index is 3.40. The van der Waals surface area contributed by atoms with Crippen molar-refractivity contribution >= 4 is 5.69 Å². The van der Waals surface area contributed by atoms with E-state index in [1.165, 1.54) is 0 Å². The molecule has 0 saturated heterocycles. The predicted octanol–water partition coefficient (Wildman–Crippen LogP) is 2.63. The van der Waals surface area contributed by atoms with Crippen LogP contribution in [0.5, 0.6) is 5.88 Å². The van der Waals surface area contributed by atoms with Gasteiger partial charge in [0, 0.05) is 5.56 Å². The lowest BCUT2D eigenvalue weighted by Crippen LogP contribution is -2.12. The van der Waals surface area contributed by atoms with Crippen LogP contribution < -0.4 is 10.5 Å². The number of hydrogen-bond donors (Lipinski definition) is 1. The molecule has 0 aromatic carbocycles. The number of ether oxygens (including phenoxy) is 1. The van der Waals surface area contributed by atoms with Gasteiger partial charge in [0.25, 0.3) is 6.43 Å². The molecule has 0 aliphatic heterocycles. The molecular weight excluding hydrogens is 235 g/mol. The molecule has 0 spiro atoms. The first-order valence-electron chi connectivity index (χ1n) is 3.97. The highest BCUT2D eigenvalue weighted by atomic mass is 19.4. The van der Waals surface area contributed by atoms with E-state index in [2.05, 4.69) is 9.72 Å². The second kappa shape index (κ2) is 4.11. The standard InChI is InChI=1S/C8H7F5N2O/c1-16-7-5(14)3(6(9)10)2-4(15-7)8(11,12)13/h2,6H,14H2,1H3. The molecule has 0 radical (unpaired) electrons. The van der Waals surface area contributed by atoms with E-state index in [-0.39, 0.29) is 6.07 Å². The molecule has 0 saturated carbocycles. The number of rotatable bonds is 2. The van der Waals surface area contributed by atoms with Crippen LogP contribution in [0.25, 0.3) is 0 Å². The molecule has 0 amide bonds. The number of nitrogens with two attached hydrogens (primary N) is 1. The van der Waals surface area contributed by atoms with E-state index in [4.69, 9.17) is 5.73 Å². The third-order valence-corrected chi connectivity index (χ3v) is 1.77. The van der Waals surface area contributed by atoms with Gasteiger partial charge in [-0.15, -0.1) is 0 Å². The van der Waals surface area contributed by atoms with Gasteiger partial charge < -0.3 is 10.5 Å². The van der Waals surface area contributed by atoms with E-state index in [1.54, 1.807) is 0 Å². The number of nitrogen functional groups attached to an aromatic ring is 1. The van der Waals surface area contributed by atoms with E-state index in [0.717, 1.165) is 7.11 Å². The Morgan fingerprint density at radius 3 is 2.31 bits per heavy atom. The highest BCUT2D eigenvalue weighted by molar-refractivity contribution is 5.56. The number of hydrogen-bond acceptors (Lipinski definition) is 3. The Hall–Kier alpha value is -1.60. The molecular formula is C8H7F5N2O. The van der Waals surface area contributed by atoms with Gasteiger partial charge in [0.05, 0.1) is 7.11 Å². The quantitative estimate of drug-likeness (QED) is 0.811. The van der Waals surface area contributed by atoms with Gasteiger partial charge in [0.2, 0.25) is 5.88 Å². The maximum atomic E-state index is 12.4. The van der Waals surface area contributed by atoms with E-state index >= 15 is 0 Å². The van der Waals surface area contributed by atoms with Crippen molar-refractivity contribution in [2.45, 2.75) is 12.6 Å². The molecule has 1 rings (SSSR count). The fourth-order valence-corrected chi connectivity index (χ4v) is 1.03. The molecule has 0 unspecified atom stereocenters. The summed E-state index contributed by atoms with van der Waals surface area (Å²) in [5.74, 6) is -0.662. The monoisotopic (exact) mass is 242 g/mol. The highest BCUT2D eigenvalue weighted by Crippen LogP contribution is 2.36. The second-order valence-electron chi connectivity index (χ2n) is 2.82. The van der Waals surface area contributed by atoms with Gasteiger partial charge in [0.1, 0.15) is 11.4 Å². The molecule has 0 atom stereocenters. The number of aromatic nitrogens is 1. The van der Waals surface area contributed by atoms with Crippen LogP contribution in [0.4, 0.5) is 27.6 Å². The van der Waals surface area contributed by atoms with Gasteiger partial charge in [0.15, 0.2) is 0 Å². The smallest absolute Gasteiger partial charge is 0.433 e. The minimum Gasteiger partial charge on any atom is -0.480 e. The predicted molar refractivity (Wildman–Crippen MR) is 45.2 cm³/mol. The number of pyridine rings is 1. The number of halogens is 5. The van der Waals surface area contributed by atoms with Crippen molar-refractivity contribution in [3.05, 3.63) is 17.3 Å². The van der Waals surface area contributed by atoms with Crippen molar-refractivity contribution in [2.24, 2.45) is 0 Å². The summed E-state index contributed by atoms with van der Waals surface area (Å²) in [6, 6.07) is 0.211. The zero-order valence-corrected chi connectivity index (χ0v) is 7.98. The molecule has 90 valence electrons. The fraction of sp³-hybridized carbons (Fsp3) is 0.375. The molecule has 0 fully saturated rings. The Kier molecular flexibility index (Phi) is 3.20. The molecule has 1 aromatic rings. The number of methoxy groups -OCH3 is 1. The zero-order valence-electron chi connectivity index (χ0n) is 7.98. The van der Waals surface area contributed by atoms with E-state index in [9.17, 15) is 22.0 Å². The summed E-state index contributed by atoms with van der Waals surface area (Å²) in [6.07, 6.45) is -7.96. The first-order chi connectivity index (χ1) is 7.27. The van der Waals surface area contributed by atoms with Gasteiger partial charge in [-0.2, -0.15) is 13.2 Å². The second-order valence-corrected chi connectivity index (χ2v) is 2.82. The molecule has 8 heteroatoms. The summed E-state index contributed by atoms with van der Waals surface area (Å²) >= 11 is 0. The summed E-state index contributed by atoms with van der Waals surface area (Å²) in [6.45, 7) is 0. The van der Waals surface area contributed by atoms with Crippen molar-refractivity contribution in [2.75, 3.05) is 12.8 Å². The average Bonchev–Trinajstić information content (AvgIpc) is 2.15. The van der Waals surface area contributed by atoms with E-state index in [1.807, 2.05) is 0 Å². The van der Waals surface area contributed by atoms with Crippen LogP contribution in [0.2, 0.25) is 0 Å². The molecule has 0 aliphatic rings. The van der Waals surface area contributed by atoms with Crippen LogP contribution in [0.3, 0.4) is 0 Å². The van der Waals surface area contributed by atoms with Crippen molar-refractivity contribution < 1.29 is 26.7 Å². The van der Waals surface area contributed by atoms with Crippen LogP contribution in [0.15, 0.2) is 6.07 Å². The normalized spacial score (nSPS) is 11.9. The number of anilines is 1. The summed E-state index contributed by atoms with van der Waals surface area (Å²) in [5.41, 5.74) is 2.17. The number of alkyl halides is 5. The zero-order chi connectivity index (χ0) is 12.5. The van der Waals surface area contributed by atoms with Crippen LogP contribution in [-0.2, 0) is 6.18 Å². The first kappa shape index (κ1) is 12.5. The SMILES string of the molecule is COc1nc(C(F)(F)F)cc(C(F)F)c1N. The Morgan fingerprint density at radius 1 is 1.38 bits per heavy atom. The largest absolute Gasteiger partial charge is 0.480 e. The van der Waals surface area contributed by atoms with Gasteiger partial charge in [-0.1, -0.05) is 0 Å². The number of nitrogens with zero attached hydrogens (tertiary/aromatic N) is 1. The van der Waals surface area contributed by atoms with Gasteiger partial charge in [-0.05, 0) is 6.07 Å². The fourth-order valence-electron chi connectivity index (χ4n) is 1.03. The Morgan fingerprint density at radius 2 is 1.94 bits per heavy atom. The molecule has 0 bridgehead atoms. The lowest BCUT2D eigenvalue weighted by molar-refractivity contribution is -0.141. The van der Waals surface area contributed by atoms with Gasteiger partial charge in [-0.25, -0.2) is 13.8 Å². The van der Waals surface area contributed by atoms with Crippen LogP contribution in [-0.4, -0.2) is 12.1 Å². The van der Waals surface area contributed by atoms with E-state index in [0.29, 0.717) is 0 Å². The minimum atomic E-state index is -4.83. The topological polar surface area (TPSA) is 48.1 Å². The average molecular weight is 242 g/mol. The molecule has 0 aliphatic carbocycles. The Bertz CT molecular complexity index is 391. The maximum Gasteiger partial charge on any atom is 0.433 e.